The van der Waals surface area contributed by atoms with Gasteiger partial charge in [0, 0.05) is 11.5 Å². The minimum absolute atomic E-state index is 0.373. The summed E-state index contributed by atoms with van der Waals surface area (Å²) in [6.45, 7) is 0. The molecule has 23 heavy (non-hydrogen) atoms. The molecule has 1 aliphatic rings. The Morgan fingerprint density at radius 1 is 0.826 bits per heavy atom. The van der Waals surface area contributed by atoms with Crippen LogP contribution in [-0.2, 0) is 4.43 Å². The van der Waals surface area contributed by atoms with Gasteiger partial charge >= 0.3 is 0 Å². The van der Waals surface area contributed by atoms with Crippen LogP contribution in [0.1, 0.15) is 48.8 Å². The first-order chi connectivity index (χ1) is 11.4. The fourth-order valence-electron chi connectivity index (χ4n) is 3.25. The molecule has 1 aliphatic carbocycles. The highest BCUT2D eigenvalue weighted by Gasteiger charge is 2.15. The van der Waals surface area contributed by atoms with Gasteiger partial charge in [-0.25, -0.2) is 0 Å². The Balaban J connectivity index is 1.66. The molecule has 0 heterocycles. The van der Waals surface area contributed by atoms with E-state index >= 15 is 0 Å². The van der Waals surface area contributed by atoms with Crippen LogP contribution >= 0.6 is 0 Å². The van der Waals surface area contributed by atoms with Crippen LogP contribution in [0, 0.1) is 17.9 Å². The van der Waals surface area contributed by atoms with Crippen molar-refractivity contribution in [3.05, 3.63) is 71.8 Å². The Kier molecular flexibility index (Phi) is 5.94. The topological polar surface area (TPSA) is 9.23 Å². The van der Waals surface area contributed by atoms with Crippen molar-refractivity contribution in [1.29, 1.82) is 0 Å². The Bertz CT molecular complexity index is 596. The van der Waals surface area contributed by atoms with Crippen molar-refractivity contribution in [2.75, 3.05) is 0 Å². The molecule has 2 heteroatoms. The summed E-state index contributed by atoms with van der Waals surface area (Å²) in [5.41, 5.74) is 3.05. The first-order valence-corrected chi connectivity index (χ1v) is 10.0. The SMILES string of the molecule is C(#CC1CCCCC1)O[SiH2]C(c1ccccc1)c1ccccc1. The van der Waals surface area contributed by atoms with Gasteiger partial charge in [-0.2, -0.15) is 0 Å². The van der Waals surface area contributed by atoms with Crippen molar-refractivity contribution in [2.24, 2.45) is 5.92 Å². The Morgan fingerprint density at radius 3 is 1.96 bits per heavy atom. The first kappa shape index (κ1) is 15.9. The van der Waals surface area contributed by atoms with E-state index in [9.17, 15) is 0 Å². The molecular weight excluding hydrogens is 296 g/mol. The molecule has 0 N–H and O–H groups in total. The van der Waals surface area contributed by atoms with E-state index in [1.807, 2.05) is 0 Å². The van der Waals surface area contributed by atoms with E-state index in [2.05, 4.69) is 72.7 Å². The Morgan fingerprint density at radius 2 is 1.39 bits per heavy atom. The van der Waals surface area contributed by atoms with Crippen LogP contribution in [0.4, 0.5) is 0 Å². The second-order valence-electron chi connectivity index (χ2n) is 6.27. The second kappa shape index (κ2) is 8.60. The zero-order chi connectivity index (χ0) is 15.7. The van der Waals surface area contributed by atoms with Crippen molar-refractivity contribution >= 4 is 9.76 Å². The summed E-state index contributed by atoms with van der Waals surface area (Å²) in [6, 6.07) is 21.3. The van der Waals surface area contributed by atoms with Crippen molar-refractivity contribution in [2.45, 2.75) is 37.6 Å². The summed E-state index contributed by atoms with van der Waals surface area (Å²) in [6.07, 6.45) is 9.56. The van der Waals surface area contributed by atoms with Gasteiger partial charge in [-0.1, -0.05) is 85.8 Å². The lowest BCUT2D eigenvalue weighted by Crippen LogP contribution is -2.12. The monoisotopic (exact) mass is 320 g/mol. The van der Waals surface area contributed by atoms with Gasteiger partial charge in [0.05, 0.1) is 6.11 Å². The average molecular weight is 321 g/mol. The summed E-state index contributed by atoms with van der Waals surface area (Å²) >= 11 is 0. The van der Waals surface area contributed by atoms with Crippen molar-refractivity contribution in [3.63, 3.8) is 0 Å². The summed E-state index contributed by atoms with van der Waals surface area (Å²) in [4.78, 5) is 0. The lowest BCUT2D eigenvalue weighted by atomic mass is 9.90. The highest BCUT2D eigenvalue weighted by molar-refractivity contribution is 6.31. The Labute approximate surface area is 142 Å². The third-order valence-electron chi connectivity index (χ3n) is 4.59. The normalized spacial score (nSPS) is 15.5. The van der Waals surface area contributed by atoms with Gasteiger partial charge in [0.1, 0.15) is 0 Å². The van der Waals surface area contributed by atoms with E-state index in [-0.39, 0.29) is 0 Å². The summed E-state index contributed by atoms with van der Waals surface area (Å²) in [5, 5.41) is 0. The molecule has 0 atom stereocenters. The second-order valence-corrected chi connectivity index (χ2v) is 7.70. The molecule has 0 saturated heterocycles. The van der Waals surface area contributed by atoms with Gasteiger partial charge in [0.25, 0.3) is 0 Å². The molecule has 0 radical (unpaired) electrons. The standard InChI is InChI=1S/C21H24OSi/c1-4-10-18(11-5-1)16-17-22-23-21(19-12-6-2-7-13-19)20-14-8-3-9-15-20/h2-3,6-9,12-15,18,21H,1,4-5,10-11,23H2. The molecule has 1 saturated carbocycles. The summed E-state index contributed by atoms with van der Waals surface area (Å²) in [5.74, 6) is 3.90. The maximum atomic E-state index is 5.89. The molecule has 118 valence electrons. The zero-order valence-corrected chi connectivity index (χ0v) is 15.0. The molecule has 0 spiro atoms. The minimum atomic E-state index is -0.791. The predicted octanol–water partition coefficient (Wildman–Crippen LogP) is 4.42. The van der Waals surface area contributed by atoms with Crippen LogP contribution in [0.15, 0.2) is 60.7 Å². The molecule has 2 aromatic carbocycles. The fraction of sp³-hybridized carbons (Fsp3) is 0.333. The lowest BCUT2D eigenvalue weighted by Gasteiger charge is -2.17. The van der Waals surface area contributed by atoms with Gasteiger partial charge in [0.2, 0.25) is 9.76 Å². The molecular formula is C21H24OSi. The molecule has 0 aromatic heterocycles. The van der Waals surface area contributed by atoms with Crippen LogP contribution in [0.25, 0.3) is 0 Å². The summed E-state index contributed by atoms with van der Waals surface area (Å²) < 4.78 is 5.89. The number of benzene rings is 2. The number of hydrogen-bond donors (Lipinski definition) is 0. The Hall–Kier alpha value is -1.98. The average Bonchev–Trinajstić information content (AvgIpc) is 2.64. The fourth-order valence-corrected chi connectivity index (χ4v) is 4.52. The summed E-state index contributed by atoms with van der Waals surface area (Å²) in [7, 11) is -0.791. The number of hydrogen-bond acceptors (Lipinski definition) is 1. The number of rotatable bonds is 4. The van der Waals surface area contributed by atoms with Crippen LogP contribution in [0.3, 0.4) is 0 Å². The molecule has 1 nitrogen and oxygen atoms in total. The van der Waals surface area contributed by atoms with Crippen LogP contribution in [0.2, 0.25) is 0 Å². The van der Waals surface area contributed by atoms with E-state index < -0.39 is 9.76 Å². The largest absolute Gasteiger partial charge is 0.507 e. The smallest absolute Gasteiger partial charge is 0.246 e. The van der Waals surface area contributed by atoms with Crippen LogP contribution in [0.5, 0.6) is 0 Å². The highest BCUT2D eigenvalue weighted by Crippen LogP contribution is 2.24. The zero-order valence-electron chi connectivity index (χ0n) is 13.6. The van der Waals surface area contributed by atoms with Crippen molar-refractivity contribution in [1.82, 2.24) is 0 Å². The van der Waals surface area contributed by atoms with E-state index in [0.717, 1.165) is 0 Å². The first-order valence-electron chi connectivity index (χ1n) is 8.65. The molecule has 0 bridgehead atoms. The van der Waals surface area contributed by atoms with E-state index in [1.165, 1.54) is 43.2 Å². The van der Waals surface area contributed by atoms with E-state index in [4.69, 9.17) is 4.43 Å². The molecule has 0 amide bonds. The molecule has 2 aromatic rings. The highest BCUT2D eigenvalue weighted by atomic mass is 28.2. The molecule has 0 aliphatic heterocycles. The van der Waals surface area contributed by atoms with Crippen LogP contribution < -0.4 is 0 Å². The third-order valence-corrected chi connectivity index (χ3v) is 6.18. The van der Waals surface area contributed by atoms with Crippen LogP contribution in [-0.4, -0.2) is 9.76 Å². The quantitative estimate of drug-likeness (QED) is 0.598. The van der Waals surface area contributed by atoms with E-state index in [1.54, 1.807) is 0 Å². The van der Waals surface area contributed by atoms with Gasteiger partial charge in [-0.3, -0.25) is 0 Å². The van der Waals surface area contributed by atoms with E-state index in [0.29, 0.717) is 11.5 Å². The van der Waals surface area contributed by atoms with Gasteiger partial charge < -0.3 is 4.43 Å². The van der Waals surface area contributed by atoms with Crippen molar-refractivity contribution in [3.8, 4) is 12.0 Å². The van der Waals surface area contributed by atoms with Gasteiger partial charge in [-0.15, -0.1) is 0 Å². The third kappa shape index (κ3) is 4.74. The predicted molar refractivity (Wildman–Crippen MR) is 98.7 cm³/mol. The van der Waals surface area contributed by atoms with Gasteiger partial charge in [0.15, 0.2) is 0 Å². The molecule has 0 unspecified atom stereocenters. The molecule has 1 fully saturated rings. The van der Waals surface area contributed by atoms with Crippen molar-refractivity contribution < 1.29 is 4.43 Å². The molecule has 3 rings (SSSR count). The lowest BCUT2D eigenvalue weighted by molar-refractivity contribution is 0.426. The van der Waals surface area contributed by atoms with Gasteiger partial charge in [-0.05, 0) is 24.0 Å². The maximum absolute atomic E-state index is 5.89. The minimum Gasteiger partial charge on any atom is -0.507 e. The maximum Gasteiger partial charge on any atom is 0.246 e.